The number of unbranched alkanes of at least 4 members (excludes halogenated alkanes) is 1. The van der Waals surface area contributed by atoms with Gasteiger partial charge in [-0.3, -0.25) is 19.3 Å². The molecule has 0 atom stereocenters. The molecule has 0 fully saturated rings. The molecule has 0 aliphatic carbocycles. The molecule has 0 bridgehead atoms. The Hall–Kier alpha value is -3.82. The van der Waals surface area contributed by atoms with Crippen LogP contribution in [0, 0.1) is 5.82 Å². The molecule has 0 radical (unpaired) electrons. The summed E-state index contributed by atoms with van der Waals surface area (Å²) < 4.78 is 13.9. The normalized spacial score (nSPS) is 10.8. The summed E-state index contributed by atoms with van der Waals surface area (Å²) in [7, 11) is 3.59. The zero-order valence-electron chi connectivity index (χ0n) is 20.9. The van der Waals surface area contributed by atoms with Gasteiger partial charge in [-0.15, -0.1) is 0 Å². The topological polar surface area (TPSA) is 94.6 Å². The van der Waals surface area contributed by atoms with Crippen LogP contribution in [0.1, 0.15) is 40.5 Å². The summed E-state index contributed by atoms with van der Waals surface area (Å²) in [5.41, 5.74) is 1.01. The third-order valence-electron chi connectivity index (χ3n) is 5.63. The summed E-state index contributed by atoms with van der Waals surface area (Å²) in [5, 5.41) is 5.61. The van der Waals surface area contributed by atoms with Crippen molar-refractivity contribution in [1.29, 1.82) is 0 Å². The van der Waals surface area contributed by atoms with Gasteiger partial charge in [-0.05, 0) is 74.6 Å². The first-order valence-corrected chi connectivity index (χ1v) is 12.1. The first kappa shape index (κ1) is 27.8. The number of nitrogens with zero attached hydrogens (tertiary/aromatic N) is 3. The van der Waals surface area contributed by atoms with E-state index in [0.717, 1.165) is 31.5 Å². The van der Waals surface area contributed by atoms with E-state index in [-0.39, 0.29) is 23.0 Å². The number of rotatable bonds is 10. The molecule has 0 aliphatic heterocycles. The summed E-state index contributed by atoms with van der Waals surface area (Å²) in [6.07, 6.45) is 3.44. The lowest BCUT2D eigenvalue weighted by Crippen LogP contribution is -2.37. The quantitative estimate of drug-likeness (QED) is 0.385. The summed E-state index contributed by atoms with van der Waals surface area (Å²) in [4.78, 5) is 45.7. The number of hydrogen-bond donors (Lipinski definition) is 2. The Morgan fingerprint density at radius 2 is 1.70 bits per heavy atom. The zero-order chi connectivity index (χ0) is 26.9. The number of halogens is 2. The van der Waals surface area contributed by atoms with Crippen LogP contribution in [0.3, 0.4) is 0 Å². The van der Waals surface area contributed by atoms with E-state index < -0.39 is 17.6 Å². The number of pyridine rings is 1. The van der Waals surface area contributed by atoms with Crippen LogP contribution in [0.5, 0.6) is 0 Å². The van der Waals surface area contributed by atoms with E-state index in [1.165, 1.54) is 23.2 Å². The number of carbonyl (C=O) groups is 3. The Morgan fingerprint density at radius 1 is 0.973 bits per heavy atom. The molecule has 37 heavy (non-hydrogen) atoms. The first-order chi connectivity index (χ1) is 17.7. The van der Waals surface area contributed by atoms with Gasteiger partial charge in [0.25, 0.3) is 11.8 Å². The zero-order valence-corrected chi connectivity index (χ0v) is 21.7. The highest BCUT2D eigenvalue weighted by Crippen LogP contribution is 2.21. The summed E-state index contributed by atoms with van der Waals surface area (Å²) in [6, 6.07) is 13.0. The molecular formula is C27H29ClFN5O3. The number of likely N-dealkylation sites (N-methyl/N-ethyl adjacent to an activating group) is 2. The standard InChI is InChI=1S/C27H29ClFN5O3/c1-4-5-14-33(2)17-25(35)34(3)21-10-6-18(7-11-21)26(36)31-23-12-9-20(29)15-22(23)27(37)32-24-13-8-19(28)16-30-24/h6-13,15-16H,4-5,14,17H2,1-3H3,(H,31,36)(H,30,32,37). The molecule has 0 saturated carbocycles. The number of nitrogens with one attached hydrogen (secondary N) is 2. The van der Waals surface area contributed by atoms with Gasteiger partial charge in [-0.2, -0.15) is 0 Å². The fourth-order valence-corrected chi connectivity index (χ4v) is 3.58. The van der Waals surface area contributed by atoms with Crippen molar-refractivity contribution in [1.82, 2.24) is 9.88 Å². The van der Waals surface area contributed by atoms with Crippen LogP contribution in [0.15, 0.2) is 60.8 Å². The minimum Gasteiger partial charge on any atom is -0.321 e. The van der Waals surface area contributed by atoms with Crippen LogP contribution < -0.4 is 15.5 Å². The lowest BCUT2D eigenvalue weighted by Gasteiger charge is -2.22. The molecular weight excluding hydrogens is 497 g/mol. The molecule has 0 aliphatic rings. The van der Waals surface area contributed by atoms with E-state index in [1.807, 2.05) is 11.9 Å². The number of benzene rings is 2. The van der Waals surface area contributed by atoms with E-state index in [4.69, 9.17) is 11.6 Å². The van der Waals surface area contributed by atoms with Crippen LogP contribution in [0.25, 0.3) is 0 Å². The van der Waals surface area contributed by atoms with Crippen molar-refractivity contribution >= 4 is 46.5 Å². The van der Waals surface area contributed by atoms with E-state index in [0.29, 0.717) is 22.8 Å². The molecule has 0 unspecified atom stereocenters. The second-order valence-electron chi connectivity index (χ2n) is 8.55. The second kappa shape index (κ2) is 12.9. The van der Waals surface area contributed by atoms with Crippen molar-refractivity contribution in [3.8, 4) is 0 Å². The van der Waals surface area contributed by atoms with Gasteiger partial charge in [0, 0.05) is 24.5 Å². The van der Waals surface area contributed by atoms with Gasteiger partial charge in [0.2, 0.25) is 5.91 Å². The maximum atomic E-state index is 13.9. The van der Waals surface area contributed by atoms with Crippen LogP contribution in [-0.2, 0) is 4.79 Å². The number of anilines is 3. The number of aromatic nitrogens is 1. The largest absolute Gasteiger partial charge is 0.321 e. The van der Waals surface area contributed by atoms with E-state index in [2.05, 4.69) is 22.5 Å². The molecule has 0 saturated heterocycles. The van der Waals surface area contributed by atoms with Gasteiger partial charge in [-0.25, -0.2) is 9.37 Å². The maximum Gasteiger partial charge on any atom is 0.259 e. The van der Waals surface area contributed by atoms with Crippen molar-refractivity contribution in [2.75, 3.05) is 42.7 Å². The van der Waals surface area contributed by atoms with E-state index in [1.54, 1.807) is 37.4 Å². The Bertz CT molecular complexity index is 1250. The van der Waals surface area contributed by atoms with Crippen molar-refractivity contribution < 1.29 is 18.8 Å². The molecule has 10 heteroatoms. The minimum atomic E-state index is -0.649. The van der Waals surface area contributed by atoms with Crippen molar-refractivity contribution in [3.05, 3.63) is 82.8 Å². The highest BCUT2D eigenvalue weighted by molar-refractivity contribution is 6.30. The van der Waals surface area contributed by atoms with Gasteiger partial charge in [0.15, 0.2) is 0 Å². The lowest BCUT2D eigenvalue weighted by molar-refractivity contribution is -0.119. The first-order valence-electron chi connectivity index (χ1n) is 11.8. The van der Waals surface area contributed by atoms with Crippen LogP contribution in [-0.4, -0.2) is 54.8 Å². The Balaban J connectivity index is 1.69. The van der Waals surface area contributed by atoms with Gasteiger partial charge < -0.3 is 15.5 Å². The third-order valence-corrected chi connectivity index (χ3v) is 5.86. The van der Waals surface area contributed by atoms with Crippen molar-refractivity contribution in [2.45, 2.75) is 19.8 Å². The van der Waals surface area contributed by atoms with Crippen LogP contribution >= 0.6 is 11.6 Å². The Kier molecular flexibility index (Phi) is 9.71. The van der Waals surface area contributed by atoms with Gasteiger partial charge >= 0.3 is 0 Å². The highest BCUT2D eigenvalue weighted by Gasteiger charge is 2.18. The molecule has 8 nitrogen and oxygen atoms in total. The molecule has 2 aromatic carbocycles. The SMILES string of the molecule is CCCCN(C)CC(=O)N(C)c1ccc(C(=O)Nc2ccc(F)cc2C(=O)Nc2ccc(Cl)cn2)cc1. The molecule has 3 rings (SSSR count). The Labute approximate surface area is 220 Å². The average molecular weight is 526 g/mol. The molecule has 3 amide bonds. The Morgan fingerprint density at radius 3 is 2.35 bits per heavy atom. The third kappa shape index (κ3) is 7.83. The molecule has 194 valence electrons. The predicted octanol–water partition coefficient (Wildman–Crippen LogP) is 5.07. The fourth-order valence-electron chi connectivity index (χ4n) is 3.47. The van der Waals surface area contributed by atoms with Crippen LogP contribution in [0.2, 0.25) is 5.02 Å². The van der Waals surface area contributed by atoms with Crippen molar-refractivity contribution in [3.63, 3.8) is 0 Å². The monoisotopic (exact) mass is 525 g/mol. The van der Waals surface area contributed by atoms with Crippen LogP contribution in [0.4, 0.5) is 21.6 Å². The number of hydrogen-bond acceptors (Lipinski definition) is 5. The molecule has 1 heterocycles. The molecule has 2 N–H and O–H groups in total. The van der Waals surface area contributed by atoms with Gasteiger partial charge in [-0.1, -0.05) is 24.9 Å². The second-order valence-corrected chi connectivity index (χ2v) is 8.99. The summed E-state index contributed by atoms with van der Waals surface area (Å²) >= 11 is 5.81. The van der Waals surface area contributed by atoms with Gasteiger partial charge in [0.1, 0.15) is 11.6 Å². The number of amides is 3. The number of carbonyl (C=O) groups excluding carboxylic acids is 3. The summed E-state index contributed by atoms with van der Waals surface area (Å²) in [5.74, 6) is -1.62. The smallest absolute Gasteiger partial charge is 0.259 e. The predicted molar refractivity (Wildman–Crippen MR) is 144 cm³/mol. The molecule has 0 spiro atoms. The van der Waals surface area contributed by atoms with Gasteiger partial charge in [0.05, 0.1) is 22.8 Å². The highest BCUT2D eigenvalue weighted by atomic mass is 35.5. The van der Waals surface area contributed by atoms with E-state index >= 15 is 0 Å². The maximum absolute atomic E-state index is 13.9. The minimum absolute atomic E-state index is 0.0621. The van der Waals surface area contributed by atoms with Crippen molar-refractivity contribution in [2.24, 2.45) is 0 Å². The molecule has 1 aromatic heterocycles. The summed E-state index contributed by atoms with van der Waals surface area (Å²) in [6.45, 7) is 3.23. The fraction of sp³-hybridized carbons (Fsp3) is 0.259. The molecule has 3 aromatic rings. The average Bonchev–Trinajstić information content (AvgIpc) is 2.89. The lowest BCUT2D eigenvalue weighted by atomic mass is 10.1. The van der Waals surface area contributed by atoms with E-state index in [9.17, 15) is 18.8 Å².